The summed E-state index contributed by atoms with van der Waals surface area (Å²) in [5, 5.41) is 0. The lowest BCUT2D eigenvalue weighted by Gasteiger charge is -2.03. The van der Waals surface area contributed by atoms with Crippen molar-refractivity contribution in [1.29, 1.82) is 0 Å². The van der Waals surface area contributed by atoms with Crippen molar-refractivity contribution in [3.05, 3.63) is 29.8 Å². The molecule has 0 amide bonds. The van der Waals surface area contributed by atoms with Crippen LogP contribution in [0.2, 0.25) is 0 Å². The third kappa shape index (κ3) is 2.11. The van der Waals surface area contributed by atoms with Gasteiger partial charge >= 0.3 is 6.61 Å². The summed E-state index contributed by atoms with van der Waals surface area (Å²) in [6, 6.07) is 3.03. The van der Waals surface area contributed by atoms with Gasteiger partial charge in [-0.1, -0.05) is 0 Å². The van der Waals surface area contributed by atoms with Crippen molar-refractivity contribution in [2.24, 2.45) is 0 Å². The smallest absolute Gasteiger partial charge is 0.387 e. The van der Waals surface area contributed by atoms with Gasteiger partial charge in [0, 0.05) is 12.1 Å². The molecule has 0 heterocycles. The van der Waals surface area contributed by atoms with Crippen molar-refractivity contribution in [2.75, 3.05) is 0 Å². The number of alkyl halides is 2. The Bertz CT molecular complexity index is 274. The fourth-order valence-electron chi connectivity index (χ4n) is 0.611. The molecule has 1 nitrogen and oxygen atoms in total. The van der Waals surface area contributed by atoms with Crippen LogP contribution >= 0.6 is 0 Å². The first-order valence-electron chi connectivity index (χ1n) is 2.91. The van der Waals surface area contributed by atoms with E-state index in [1.54, 1.807) is 0 Å². The molecule has 65 valence electrons. The van der Waals surface area contributed by atoms with Crippen molar-refractivity contribution in [2.45, 2.75) is 6.61 Å². The molecule has 0 fully saturated rings. The Balaban J connectivity index is 2.86. The molecule has 1 aromatic rings. The molecule has 1 radical (unpaired) electrons. The first kappa shape index (κ1) is 8.83. The first-order valence-corrected chi connectivity index (χ1v) is 2.91. The Hall–Kier alpha value is -1.26. The zero-order valence-corrected chi connectivity index (χ0v) is 5.65. The molecular formula is C7H3F4O. The topological polar surface area (TPSA) is 9.23 Å². The highest BCUT2D eigenvalue weighted by atomic mass is 19.3. The van der Waals surface area contributed by atoms with Gasteiger partial charge in [0.1, 0.15) is 5.82 Å². The van der Waals surface area contributed by atoms with Crippen LogP contribution in [0.5, 0.6) is 5.75 Å². The summed E-state index contributed by atoms with van der Waals surface area (Å²) in [6.45, 7) is -3.14. The fourth-order valence-corrected chi connectivity index (χ4v) is 0.611. The molecule has 0 aliphatic carbocycles. The Morgan fingerprint density at radius 2 is 2.00 bits per heavy atom. The van der Waals surface area contributed by atoms with Crippen LogP contribution in [0, 0.1) is 17.7 Å². The minimum absolute atomic E-state index is 0.439. The lowest BCUT2D eigenvalue weighted by Crippen LogP contribution is -2.03. The van der Waals surface area contributed by atoms with E-state index in [4.69, 9.17) is 0 Å². The van der Waals surface area contributed by atoms with E-state index >= 15 is 0 Å². The molecule has 0 saturated heterocycles. The summed E-state index contributed by atoms with van der Waals surface area (Å²) in [6.07, 6.45) is 0. The third-order valence-electron chi connectivity index (χ3n) is 1.03. The lowest BCUT2D eigenvalue weighted by molar-refractivity contribution is -0.0524. The van der Waals surface area contributed by atoms with Crippen LogP contribution in [-0.2, 0) is 0 Å². The number of hydrogen-bond donors (Lipinski definition) is 0. The highest BCUT2D eigenvalue weighted by Crippen LogP contribution is 2.18. The quantitative estimate of drug-likeness (QED) is 0.633. The summed E-state index contributed by atoms with van der Waals surface area (Å²) in [5.74, 6) is -2.88. The number of hydrogen-bond acceptors (Lipinski definition) is 1. The van der Waals surface area contributed by atoms with E-state index in [0.717, 1.165) is 0 Å². The minimum atomic E-state index is -3.14. The summed E-state index contributed by atoms with van der Waals surface area (Å²) in [4.78, 5) is 0. The molecule has 0 aliphatic rings. The summed E-state index contributed by atoms with van der Waals surface area (Å²) >= 11 is 0. The van der Waals surface area contributed by atoms with Crippen LogP contribution in [-0.4, -0.2) is 6.61 Å². The first-order chi connectivity index (χ1) is 5.59. The molecule has 1 rings (SSSR count). The number of rotatable bonds is 2. The van der Waals surface area contributed by atoms with Gasteiger partial charge in [0.2, 0.25) is 0 Å². The number of halogens is 4. The summed E-state index contributed by atoms with van der Waals surface area (Å²) in [7, 11) is 0. The largest absolute Gasteiger partial charge is 0.431 e. The maximum Gasteiger partial charge on any atom is 0.387 e. The second-order valence-corrected chi connectivity index (χ2v) is 1.87. The van der Waals surface area contributed by atoms with Crippen LogP contribution in [0.4, 0.5) is 17.6 Å². The van der Waals surface area contributed by atoms with Gasteiger partial charge < -0.3 is 4.74 Å². The van der Waals surface area contributed by atoms with E-state index in [1.807, 2.05) is 6.07 Å². The van der Waals surface area contributed by atoms with E-state index < -0.39 is 24.0 Å². The van der Waals surface area contributed by atoms with Crippen molar-refractivity contribution < 1.29 is 22.3 Å². The van der Waals surface area contributed by atoms with Crippen LogP contribution in [0.25, 0.3) is 0 Å². The average Bonchev–Trinajstić information content (AvgIpc) is 1.94. The Labute approximate surface area is 65.6 Å². The van der Waals surface area contributed by atoms with Crippen molar-refractivity contribution in [3.8, 4) is 5.75 Å². The SMILES string of the molecule is Fc1c[c]c(OC(F)F)c(F)c1. The summed E-state index contributed by atoms with van der Waals surface area (Å²) < 4.78 is 51.3. The summed E-state index contributed by atoms with van der Waals surface area (Å²) in [5.41, 5.74) is 0. The van der Waals surface area contributed by atoms with Crippen molar-refractivity contribution in [3.63, 3.8) is 0 Å². The molecule has 0 spiro atoms. The monoisotopic (exact) mass is 179 g/mol. The third-order valence-corrected chi connectivity index (χ3v) is 1.03. The fraction of sp³-hybridized carbons (Fsp3) is 0.143. The van der Waals surface area contributed by atoms with E-state index in [9.17, 15) is 17.6 Å². The molecule has 0 atom stereocenters. The standard InChI is InChI=1S/C7H3F4O/c8-4-1-2-6(5(9)3-4)12-7(10)11/h1,3,7H. The van der Waals surface area contributed by atoms with Crippen molar-refractivity contribution in [1.82, 2.24) is 0 Å². The maximum absolute atomic E-state index is 12.5. The predicted molar refractivity (Wildman–Crippen MR) is 31.8 cm³/mol. The molecule has 0 aromatic heterocycles. The highest BCUT2D eigenvalue weighted by molar-refractivity contribution is 5.22. The maximum atomic E-state index is 12.5. The number of benzene rings is 1. The average molecular weight is 179 g/mol. The molecule has 0 unspecified atom stereocenters. The zero-order chi connectivity index (χ0) is 9.14. The molecular weight excluding hydrogens is 176 g/mol. The molecule has 5 heteroatoms. The number of ether oxygens (including phenoxy) is 1. The van der Waals surface area contributed by atoms with Crippen LogP contribution in [0.15, 0.2) is 12.1 Å². The molecule has 0 aliphatic heterocycles. The van der Waals surface area contributed by atoms with Gasteiger partial charge in [-0.15, -0.1) is 0 Å². The van der Waals surface area contributed by atoms with Gasteiger partial charge in [0.25, 0.3) is 0 Å². The van der Waals surface area contributed by atoms with Gasteiger partial charge in [-0.2, -0.15) is 8.78 Å². The van der Waals surface area contributed by atoms with Gasteiger partial charge in [-0.3, -0.25) is 0 Å². The van der Waals surface area contributed by atoms with Gasteiger partial charge in [0.15, 0.2) is 11.6 Å². The van der Waals surface area contributed by atoms with Crippen LogP contribution in [0.1, 0.15) is 0 Å². The van der Waals surface area contributed by atoms with Crippen molar-refractivity contribution >= 4 is 0 Å². The Morgan fingerprint density at radius 1 is 1.33 bits per heavy atom. The Kier molecular flexibility index (Phi) is 2.52. The predicted octanol–water partition coefficient (Wildman–Crippen LogP) is 2.37. The molecule has 0 bridgehead atoms. The Morgan fingerprint density at radius 3 is 2.50 bits per heavy atom. The molecule has 0 saturated carbocycles. The second-order valence-electron chi connectivity index (χ2n) is 1.87. The molecule has 0 N–H and O–H groups in total. The molecule has 1 aromatic carbocycles. The van der Waals surface area contributed by atoms with E-state index in [1.165, 1.54) is 0 Å². The lowest BCUT2D eigenvalue weighted by atomic mass is 10.3. The molecule has 12 heavy (non-hydrogen) atoms. The minimum Gasteiger partial charge on any atom is -0.431 e. The van der Waals surface area contributed by atoms with E-state index in [-0.39, 0.29) is 0 Å². The van der Waals surface area contributed by atoms with E-state index in [0.29, 0.717) is 12.1 Å². The zero-order valence-electron chi connectivity index (χ0n) is 5.65. The van der Waals surface area contributed by atoms with Gasteiger partial charge in [-0.25, -0.2) is 8.78 Å². The normalized spacial score (nSPS) is 10.4. The highest BCUT2D eigenvalue weighted by Gasteiger charge is 2.10. The van der Waals surface area contributed by atoms with Crippen LogP contribution in [0.3, 0.4) is 0 Å². The van der Waals surface area contributed by atoms with Crippen LogP contribution < -0.4 is 4.74 Å². The van der Waals surface area contributed by atoms with Gasteiger partial charge in [-0.05, 0) is 6.07 Å². The van der Waals surface area contributed by atoms with E-state index in [2.05, 4.69) is 4.74 Å². The van der Waals surface area contributed by atoms with Gasteiger partial charge in [0.05, 0.1) is 0 Å². The second kappa shape index (κ2) is 3.42.